The average molecular weight is 126 g/mol. The number of rotatable bonds is 2. The van der Waals surface area contributed by atoms with E-state index in [9.17, 15) is 5.11 Å². The number of aliphatic hydroxyl groups excluding tert-OH is 1. The minimum absolute atomic E-state index is 0.263. The van der Waals surface area contributed by atoms with E-state index >= 15 is 0 Å². The van der Waals surface area contributed by atoms with Gasteiger partial charge in [0.2, 0.25) is 0 Å². The molecule has 0 bridgehead atoms. The van der Waals surface area contributed by atoms with Gasteiger partial charge in [-0.1, -0.05) is 20.4 Å². The van der Waals surface area contributed by atoms with Gasteiger partial charge in [-0.05, 0) is 18.4 Å². The molecule has 9 heavy (non-hydrogen) atoms. The van der Waals surface area contributed by atoms with Crippen molar-refractivity contribution in [3.8, 4) is 0 Å². The lowest BCUT2D eigenvalue weighted by Crippen LogP contribution is -2.14. The first-order valence-electron chi connectivity index (χ1n) is 3.14. The molecule has 1 N–H and O–H groups in total. The summed E-state index contributed by atoms with van der Waals surface area (Å²) in [6, 6.07) is 0. The van der Waals surface area contributed by atoms with Gasteiger partial charge in [-0.25, -0.2) is 0 Å². The predicted octanol–water partition coefficient (Wildman–Crippen LogP) is 1.73. The molecule has 1 heteroatoms. The van der Waals surface area contributed by atoms with Crippen molar-refractivity contribution in [3.05, 3.63) is 17.9 Å². The van der Waals surface area contributed by atoms with Crippen LogP contribution >= 0.6 is 0 Å². The van der Waals surface area contributed by atoms with E-state index < -0.39 is 0 Å². The standard InChI is InChI=1S/C8H14O/c1-5-7(4)8(9)6(2)3/h6,8-9H,1H2,2-4H3/t8-/m1/s1. The van der Waals surface area contributed by atoms with Crippen molar-refractivity contribution in [3.63, 3.8) is 0 Å². The Bertz CT molecular complexity index is 130. The van der Waals surface area contributed by atoms with E-state index in [0.29, 0.717) is 0 Å². The molecule has 0 aromatic carbocycles. The Kier molecular flexibility index (Phi) is 3.29. The van der Waals surface area contributed by atoms with Gasteiger partial charge >= 0.3 is 0 Å². The topological polar surface area (TPSA) is 20.2 Å². The van der Waals surface area contributed by atoms with Gasteiger partial charge in [-0.2, -0.15) is 0 Å². The van der Waals surface area contributed by atoms with Crippen LogP contribution in [0.2, 0.25) is 0 Å². The Labute approximate surface area is 56.7 Å². The fourth-order valence-corrected chi connectivity index (χ4v) is 0.605. The molecule has 0 saturated carbocycles. The van der Waals surface area contributed by atoms with E-state index in [1.807, 2.05) is 20.8 Å². The quantitative estimate of drug-likeness (QED) is 0.559. The van der Waals surface area contributed by atoms with Crippen LogP contribution in [0.25, 0.3) is 0 Å². The molecule has 0 aliphatic carbocycles. The van der Waals surface area contributed by atoms with E-state index in [2.05, 4.69) is 12.3 Å². The SMILES string of the molecule is C=C=C(C)[C@H](O)C(C)C. The van der Waals surface area contributed by atoms with Crippen LogP contribution in [0.3, 0.4) is 0 Å². The Morgan fingerprint density at radius 2 is 2.00 bits per heavy atom. The molecule has 0 heterocycles. The molecule has 0 amide bonds. The molecule has 0 saturated heterocycles. The Balaban J connectivity index is 4.04. The number of hydrogen-bond acceptors (Lipinski definition) is 1. The van der Waals surface area contributed by atoms with Crippen LogP contribution in [-0.4, -0.2) is 11.2 Å². The van der Waals surface area contributed by atoms with Crippen LogP contribution in [0.15, 0.2) is 17.9 Å². The second-order valence-corrected chi connectivity index (χ2v) is 2.55. The summed E-state index contributed by atoms with van der Waals surface area (Å²) in [5.41, 5.74) is 3.49. The second kappa shape index (κ2) is 3.49. The van der Waals surface area contributed by atoms with E-state index in [0.717, 1.165) is 5.57 Å². The molecule has 0 aromatic rings. The molecular formula is C8H14O. The van der Waals surface area contributed by atoms with E-state index in [1.54, 1.807) is 0 Å². The van der Waals surface area contributed by atoms with Crippen LogP contribution in [-0.2, 0) is 0 Å². The van der Waals surface area contributed by atoms with Crippen molar-refractivity contribution in [1.82, 2.24) is 0 Å². The summed E-state index contributed by atoms with van der Waals surface area (Å²) in [5, 5.41) is 9.26. The largest absolute Gasteiger partial charge is 0.388 e. The maximum absolute atomic E-state index is 9.26. The maximum atomic E-state index is 9.26. The summed E-state index contributed by atoms with van der Waals surface area (Å²) in [5.74, 6) is 0.263. The van der Waals surface area contributed by atoms with E-state index in [1.165, 1.54) is 0 Å². The molecule has 0 rings (SSSR count). The Hall–Kier alpha value is -0.520. The molecule has 0 aliphatic heterocycles. The summed E-state index contributed by atoms with van der Waals surface area (Å²) in [4.78, 5) is 0. The Morgan fingerprint density at radius 1 is 1.56 bits per heavy atom. The zero-order chi connectivity index (χ0) is 7.44. The second-order valence-electron chi connectivity index (χ2n) is 2.55. The minimum atomic E-state index is -0.373. The van der Waals surface area contributed by atoms with Crippen LogP contribution in [0.1, 0.15) is 20.8 Å². The van der Waals surface area contributed by atoms with Crippen molar-refractivity contribution < 1.29 is 5.11 Å². The third-order valence-electron chi connectivity index (χ3n) is 1.35. The van der Waals surface area contributed by atoms with Gasteiger partial charge in [0.15, 0.2) is 0 Å². The molecule has 0 spiro atoms. The van der Waals surface area contributed by atoms with Gasteiger partial charge < -0.3 is 5.11 Å². The van der Waals surface area contributed by atoms with Crippen molar-refractivity contribution in [2.45, 2.75) is 26.9 Å². The molecule has 0 unspecified atom stereocenters. The fourth-order valence-electron chi connectivity index (χ4n) is 0.605. The van der Waals surface area contributed by atoms with Crippen LogP contribution in [0.5, 0.6) is 0 Å². The molecule has 0 radical (unpaired) electrons. The van der Waals surface area contributed by atoms with Gasteiger partial charge in [0.25, 0.3) is 0 Å². The molecule has 0 aliphatic rings. The lowest BCUT2D eigenvalue weighted by atomic mass is 10.0. The van der Waals surface area contributed by atoms with Crippen molar-refractivity contribution in [2.24, 2.45) is 5.92 Å². The van der Waals surface area contributed by atoms with Crippen LogP contribution in [0, 0.1) is 5.92 Å². The zero-order valence-corrected chi connectivity index (χ0v) is 6.31. The highest BCUT2D eigenvalue weighted by molar-refractivity contribution is 5.02. The molecule has 1 atom stereocenters. The molecule has 52 valence electrons. The predicted molar refractivity (Wildman–Crippen MR) is 39.2 cm³/mol. The lowest BCUT2D eigenvalue weighted by molar-refractivity contribution is 0.160. The summed E-state index contributed by atoms with van der Waals surface area (Å²) >= 11 is 0. The highest BCUT2D eigenvalue weighted by Crippen LogP contribution is 2.08. The lowest BCUT2D eigenvalue weighted by Gasteiger charge is -2.12. The molecular weight excluding hydrogens is 112 g/mol. The minimum Gasteiger partial charge on any atom is -0.388 e. The first-order chi connectivity index (χ1) is 4.09. The van der Waals surface area contributed by atoms with Crippen molar-refractivity contribution in [1.29, 1.82) is 0 Å². The van der Waals surface area contributed by atoms with Crippen LogP contribution < -0.4 is 0 Å². The first kappa shape index (κ1) is 8.48. The first-order valence-corrected chi connectivity index (χ1v) is 3.14. The summed E-state index contributed by atoms with van der Waals surface area (Å²) in [6.07, 6.45) is -0.373. The molecule has 1 nitrogen and oxygen atoms in total. The summed E-state index contributed by atoms with van der Waals surface area (Å²) in [6.45, 7) is 9.20. The monoisotopic (exact) mass is 126 g/mol. The summed E-state index contributed by atoms with van der Waals surface area (Å²) < 4.78 is 0. The van der Waals surface area contributed by atoms with E-state index in [4.69, 9.17) is 0 Å². The normalized spacial score (nSPS) is 13.0. The number of hydrogen-bond donors (Lipinski definition) is 1. The van der Waals surface area contributed by atoms with Gasteiger partial charge in [-0.3, -0.25) is 0 Å². The van der Waals surface area contributed by atoms with Gasteiger partial charge in [0, 0.05) is 0 Å². The van der Waals surface area contributed by atoms with Gasteiger partial charge in [0.1, 0.15) is 0 Å². The highest BCUT2D eigenvalue weighted by Gasteiger charge is 2.09. The number of aliphatic hydroxyl groups is 1. The van der Waals surface area contributed by atoms with Gasteiger partial charge in [-0.15, -0.1) is 5.73 Å². The summed E-state index contributed by atoms with van der Waals surface area (Å²) in [7, 11) is 0. The maximum Gasteiger partial charge on any atom is 0.0843 e. The van der Waals surface area contributed by atoms with Gasteiger partial charge in [0.05, 0.1) is 6.10 Å². The highest BCUT2D eigenvalue weighted by atomic mass is 16.3. The van der Waals surface area contributed by atoms with Crippen molar-refractivity contribution in [2.75, 3.05) is 0 Å². The van der Waals surface area contributed by atoms with Crippen molar-refractivity contribution >= 4 is 0 Å². The fraction of sp³-hybridized carbons (Fsp3) is 0.625. The van der Waals surface area contributed by atoms with E-state index in [-0.39, 0.29) is 12.0 Å². The third kappa shape index (κ3) is 2.50. The Morgan fingerprint density at radius 3 is 2.11 bits per heavy atom. The molecule has 0 aromatic heterocycles. The van der Waals surface area contributed by atoms with Crippen LogP contribution in [0.4, 0.5) is 0 Å². The molecule has 0 fully saturated rings. The smallest absolute Gasteiger partial charge is 0.0843 e. The third-order valence-corrected chi connectivity index (χ3v) is 1.35. The average Bonchev–Trinajstić information content (AvgIpc) is 1.84. The zero-order valence-electron chi connectivity index (χ0n) is 6.31.